The first-order valence-electron chi connectivity index (χ1n) is 5.15. The van der Waals surface area contributed by atoms with Crippen LogP contribution >= 0.6 is 11.6 Å². The van der Waals surface area contributed by atoms with Crippen LogP contribution in [0.1, 0.15) is 15.9 Å². The quantitative estimate of drug-likeness (QED) is 0.847. The highest BCUT2D eigenvalue weighted by Gasteiger charge is 2.08. The van der Waals surface area contributed by atoms with E-state index in [0.29, 0.717) is 16.1 Å². The van der Waals surface area contributed by atoms with Crippen molar-refractivity contribution in [2.24, 2.45) is 0 Å². The molecule has 0 saturated carbocycles. The lowest BCUT2D eigenvalue weighted by Crippen LogP contribution is -2.02. The van der Waals surface area contributed by atoms with Crippen LogP contribution < -0.4 is 5.32 Å². The summed E-state index contributed by atoms with van der Waals surface area (Å²) in [4.78, 5) is 16.2. The lowest BCUT2D eigenvalue weighted by atomic mass is 10.1. The molecule has 0 spiro atoms. The van der Waals surface area contributed by atoms with Crippen molar-refractivity contribution in [2.75, 3.05) is 12.4 Å². The number of pyridine rings is 1. The number of hydrogen-bond acceptors (Lipinski definition) is 3. The van der Waals surface area contributed by atoms with Gasteiger partial charge in [-0.1, -0.05) is 11.6 Å². The first kappa shape index (κ1) is 11.6. The molecule has 0 amide bonds. The first-order valence-corrected chi connectivity index (χ1v) is 5.52. The van der Waals surface area contributed by atoms with Gasteiger partial charge in [-0.05, 0) is 36.4 Å². The number of carbonyl (C=O) groups is 1. The Morgan fingerprint density at radius 3 is 2.29 bits per heavy atom. The summed E-state index contributed by atoms with van der Waals surface area (Å²) in [6.07, 6.45) is 1.56. The minimum Gasteiger partial charge on any atom is -0.373 e. The van der Waals surface area contributed by atoms with Crippen LogP contribution in [0.15, 0.2) is 42.6 Å². The SMILES string of the molecule is CNc1ccc(C(=O)c2ccc(Cl)cc2)cn1. The van der Waals surface area contributed by atoms with Gasteiger partial charge in [0.05, 0.1) is 0 Å². The highest BCUT2D eigenvalue weighted by atomic mass is 35.5. The molecule has 2 aromatic rings. The van der Waals surface area contributed by atoms with Gasteiger partial charge in [-0.2, -0.15) is 0 Å². The molecule has 1 aromatic carbocycles. The summed E-state index contributed by atoms with van der Waals surface area (Å²) in [5, 5.41) is 3.52. The van der Waals surface area contributed by atoms with E-state index in [2.05, 4.69) is 10.3 Å². The van der Waals surface area contributed by atoms with Crippen LogP contribution in [0.2, 0.25) is 5.02 Å². The molecular formula is C13H11ClN2O. The van der Waals surface area contributed by atoms with Gasteiger partial charge in [-0.25, -0.2) is 4.98 Å². The Kier molecular flexibility index (Phi) is 3.40. The number of nitrogens with zero attached hydrogens (tertiary/aromatic N) is 1. The van der Waals surface area contributed by atoms with Gasteiger partial charge < -0.3 is 5.32 Å². The smallest absolute Gasteiger partial charge is 0.194 e. The average Bonchev–Trinajstić information content (AvgIpc) is 2.39. The van der Waals surface area contributed by atoms with Crippen molar-refractivity contribution in [3.63, 3.8) is 0 Å². The normalized spacial score (nSPS) is 10.0. The molecule has 1 heterocycles. The Hall–Kier alpha value is -1.87. The molecule has 0 fully saturated rings. The van der Waals surface area contributed by atoms with Gasteiger partial charge in [0.25, 0.3) is 0 Å². The number of halogens is 1. The number of nitrogens with one attached hydrogen (secondary N) is 1. The van der Waals surface area contributed by atoms with Crippen LogP contribution in [-0.4, -0.2) is 17.8 Å². The van der Waals surface area contributed by atoms with Crippen LogP contribution in [0.3, 0.4) is 0 Å². The van der Waals surface area contributed by atoms with E-state index >= 15 is 0 Å². The average molecular weight is 247 g/mol. The Morgan fingerprint density at radius 1 is 1.12 bits per heavy atom. The maximum Gasteiger partial charge on any atom is 0.194 e. The number of aromatic nitrogens is 1. The number of rotatable bonds is 3. The van der Waals surface area contributed by atoms with Crippen molar-refractivity contribution in [1.82, 2.24) is 4.98 Å². The zero-order valence-corrected chi connectivity index (χ0v) is 10.0. The van der Waals surface area contributed by atoms with Crippen molar-refractivity contribution in [2.45, 2.75) is 0 Å². The zero-order valence-electron chi connectivity index (χ0n) is 9.27. The van der Waals surface area contributed by atoms with Gasteiger partial charge in [0, 0.05) is 29.4 Å². The standard InChI is InChI=1S/C13H11ClN2O/c1-15-12-7-4-10(8-16-12)13(17)9-2-5-11(14)6-3-9/h2-8H,1H3,(H,15,16). The summed E-state index contributed by atoms with van der Waals surface area (Å²) in [5.74, 6) is 0.675. The molecule has 0 bridgehead atoms. The number of hydrogen-bond donors (Lipinski definition) is 1. The van der Waals surface area contributed by atoms with Crippen molar-refractivity contribution in [3.8, 4) is 0 Å². The third-order valence-corrected chi connectivity index (χ3v) is 2.64. The molecule has 1 N–H and O–H groups in total. The van der Waals surface area contributed by atoms with Gasteiger partial charge in [0.2, 0.25) is 0 Å². The van der Waals surface area contributed by atoms with Crippen LogP contribution in [0.5, 0.6) is 0 Å². The van der Waals surface area contributed by atoms with Crippen LogP contribution in [0, 0.1) is 0 Å². The molecule has 4 heteroatoms. The van der Waals surface area contributed by atoms with Crippen LogP contribution in [0.4, 0.5) is 5.82 Å². The molecule has 86 valence electrons. The van der Waals surface area contributed by atoms with Crippen molar-refractivity contribution in [3.05, 3.63) is 58.7 Å². The molecule has 0 aliphatic carbocycles. The lowest BCUT2D eigenvalue weighted by Gasteiger charge is -2.02. The topological polar surface area (TPSA) is 42.0 Å². The predicted octanol–water partition coefficient (Wildman–Crippen LogP) is 3.01. The summed E-state index contributed by atoms with van der Waals surface area (Å²) in [7, 11) is 1.78. The van der Waals surface area contributed by atoms with E-state index in [-0.39, 0.29) is 5.78 Å². The second-order valence-electron chi connectivity index (χ2n) is 3.52. The van der Waals surface area contributed by atoms with Gasteiger partial charge in [-0.15, -0.1) is 0 Å². The number of anilines is 1. The molecule has 0 atom stereocenters. The third kappa shape index (κ3) is 2.63. The Labute approximate surface area is 104 Å². The minimum atomic E-state index is -0.0585. The molecule has 0 unspecified atom stereocenters. The summed E-state index contributed by atoms with van der Waals surface area (Å²) >= 11 is 5.77. The van der Waals surface area contributed by atoms with Crippen molar-refractivity contribution < 1.29 is 4.79 Å². The summed E-state index contributed by atoms with van der Waals surface area (Å²) in [6, 6.07) is 10.3. The van der Waals surface area contributed by atoms with E-state index in [1.165, 1.54) is 0 Å². The number of benzene rings is 1. The van der Waals surface area contributed by atoms with Gasteiger partial charge >= 0.3 is 0 Å². The van der Waals surface area contributed by atoms with Crippen LogP contribution in [0.25, 0.3) is 0 Å². The van der Waals surface area contributed by atoms with E-state index in [1.807, 2.05) is 0 Å². The molecule has 2 rings (SSSR count). The van der Waals surface area contributed by atoms with Crippen molar-refractivity contribution in [1.29, 1.82) is 0 Å². The van der Waals surface area contributed by atoms with E-state index in [4.69, 9.17) is 11.6 Å². The molecule has 3 nitrogen and oxygen atoms in total. The monoisotopic (exact) mass is 246 g/mol. The molecule has 0 aliphatic heterocycles. The van der Waals surface area contributed by atoms with Gasteiger partial charge in [-0.3, -0.25) is 4.79 Å². The highest BCUT2D eigenvalue weighted by molar-refractivity contribution is 6.30. The predicted molar refractivity (Wildman–Crippen MR) is 68.7 cm³/mol. The van der Waals surface area contributed by atoms with Gasteiger partial charge in [0.1, 0.15) is 5.82 Å². The molecule has 0 aliphatic rings. The fourth-order valence-electron chi connectivity index (χ4n) is 1.44. The van der Waals surface area contributed by atoms with E-state index in [0.717, 1.165) is 5.82 Å². The molecule has 1 aromatic heterocycles. The maximum absolute atomic E-state index is 12.1. The fourth-order valence-corrected chi connectivity index (χ4v) is 1.57. The molecule has 0 saturated heterocycles. The zero-order chi connectivity index (χ0) is 12.3. The number of ketones is 1. The fraction of sp³-hybridized carbons (Fsp3) is 0.0769. The summed E-state index contributed by atoms with van der Waals surface area (Å²) in [6.45, 7) is 0. The summed E-state index contributed by atoms with van der Waals surface area (Å²) in [5.41, 5.74) is 1.17. The number of carbonyl (C=O) groups excluding carboxylic acids is 1. The molecule has 17 heavy (non-hydrogen) atoms. The summed E-state index contributed by atoms with van der Waals surface area (Å²) < 4.78 is 0. The second-order valence-corrected chi connectivity index (χ2v) is 3.95. The Bertz CT molecular complexity index is 520. The van der Waals surface area contributed by atoms with E-state index in [1.54, 1.807) is 49.6 Å². The largest absolute Gasteiger partial charge is 0.373 e. The van der Waals surface area contributed by atoms with E-state index < -0.39 is 0 Å². The molecule has 0 radical (unpaired) electrons. The lowest BCUT2D eigenvalue weighted by molar-refractivity contribution is 0.103. The minimum absolute atomic E-state index is 0.0585. The highest BCUT2D eigenvalue weighted by Crippen LogP contribution is 2.14. The van der Waals surface area contributed by atoms with Crippen LogP contribution in [-0.2, 0) is 0 Å². The van der Waals surface area contributed by atoms with E-state index in [9.17, 15) is 4.79 Å². The Balaban J connectivity index is 2.27. The maximum atomic E-state index is 12.1. The second kappa shape index (κ2) is 4.97. The Morgan fingerprint density at radius 2 is 1.76 bits per heavy atom. The molecular weight excluding hydrogens is 236 g/mol. The third-order valence-electron chi connectivity index (χ3n) is 2.39. The first-order chi connectivity index (χ1) is 8.20. The van der Waals surface area contributed by atoms with Gasteiger partial charge in [0.15, 0.2) is 5.78 Å². The van der Waals surface area contributed by atoms with Crippen molar-refractivity contribution >= 4 is 23.2 Å².